The Hall–Kier alpha value is -1.22. The van der Waals surface area contributed by atoms with Crippen LogP contribution in [-0.2, 0) is 0 Å². The van der Waals surface area contributed by atoms with Crippen molar-refractivity contribution in [3.8, 4) is 0 Å². The molecule has 2 rings (SSSR count). The van der Waals surface area contributed by atoms with Gasteiger partial charge in [-0.05, 0) is 5.56 Å². The maximum atomic E-state index is 4.45. The highest BCUT2D eigenvalue weighted by Crippen LogP contribution is 2.33. The van der Waals surface area contributed by atoms with Gasteiger partial charge in [-0.1, -0.05) is 48.2 Å². The van der Waals surface area contributed by atoms with E-state index in [0.29, 0.717) is 5.25 Å². The van der Waals surface area contributed by atoms with Crippen molar-refractivity contribution >= 4 is 16.9 Å². The highest BCUT2D eigenvalue weighted by Gasteiger charge is 2.20. The van der Waals surface area contributed by atoms with Crippen LogP contribution in [0.1, 0.15) is 10.8 Å². The molecule has 0 radical (unpaired) electrons. The first-order valence-electron chi connectivity index (χ1n) is 5.01. The van der Waals surface area contributed by atoms with Gasteiger partial charge in [-0.2, -0.15) is 0 Å². The van der Waals surface area contributed by atoms with Crippen molar-refractivity contribution in [1.29, 1.82) is 0 Å². The molecule has 1 N–H and O–H groups in total. The van der Waals surface area contributed by atoms with E-state index in [1.165, 1.54) is 5.56 Å². The fraction of sp³-hybridized carbons (Fsp3) is 0.250. The molecule has 1 atom stereocenters. The lowest BCUT2D eigenvalue weighted by Gasteiger charge is -2.08. The zero-order valence-corrected chi connectivity index (χ0v) is 9.33. The Balaban J connectivity index is 1.93. The Morgan fingerprint density at radius 3 is 3.00 bits per heavy atom. The number of amidine groups is 1. The summed E-state index contributed by atoms with van der Waals surface area (Å²) in [7, 11) is 0. The molecule has 3 heteroatoms. The third-order valence-electron chi connectivity index (χ3n) is 2.22. The van der Waals surface area contributed by atoms with E-state index in [9.17, 15) is 0 Å². The predicted molar refractivity (Wildman–Crippen MR) is 67.3 cm³/mol. The third kappa shape index (κ3) is 2.63. The normalized spacial score (nSPS) is 19.7. The van der Waals surface area contributed by atoms with Gasteiger partial charge in [0.15, 0.2) is 5.17 Å². The van der Waals surface area contributed by atoms with E-state index < -0.39 is 0 Å². The molecule has 0 fully saturated rings. The van der Waals surface area contributed by atoms with Gasteiger partial charge in [0.25, 0.3) is 0 Å². The maximum Gasteiger partial charge on any atom is 0.157 e. The zero-order chi connectivity index (χ0) is 10.5. The number of aliphatic imine (C=N–C) groups is 1. The first kappa shape index (κ1) is 10.3. The lowest BCUT2D eigenvalue weighted by atomic mass is 10.1. The molecule has 1 aromatic carbocycles. The van der Waals surface area contributed by atoms with E-state index in [4.69, 9.17) is 0 Å². The Labute approximate surface area is 94.5 Å². The number of rotatable bonds is 3. The van der Waals surface area contributed by atoms with Gasteiger partial charge in [-0.25, -0.2) is 0 Å². The molecule has 1 aliphatic rings. The van der Waals surface area contributed by atoms with Crippen LogP contribution in [-0.4, -0.2) is 18.3 Å². The second-order valence-corrected chi connectivity index (χ2v) is 4.52. The van der Waals surface area contributed by atoms with Crippen molar-refractivity contribution in [2.24, 2.45) is 4.99 Å². The molecule has 1 aliphatic heterocycles. The summed E-state index contributed by atoms with van der Waals surface area (Å²) in [5.74, 6) is 0. The molecule has 15 heavy (non-hydrogen) atoms. The molecular weight excluding hydrogens is 204 g/mol. The fourth-order valence-electron chi connectivity index (χ4n) is 1.47. The minimum atomic E-state index is 0.471. The topological polar surface area (TPSA) is 24.4 Å². The minimum absolute atomic E-state index is 0.471. The van der Waals surface area contributed by atoms with Gasteiger partial charge in [-0.3, -0.25) is 4.99 Å². The molecule has 1 unspecified atom stereocenters. The zero-order valence-electron chi connectivity index (χ0n) is 8.52. The van der Waals surface area contributed by atoms with Crippen LogP contribution < -0.4 is 5.32 Å². The van der Waals surface area contributed by atoms with Crippen LogP contribution in [0.25, 0.3) is 0 Å². The van der Waals surface area contributed by atoms with Gasteiger partial charge in [-0.15, -0.1) is 6.58 Å². The summed E-state index contributed by atoms with van der Waals surface area (Å²) in [6, 6.07) is 10.5. The second kappa shape index (κ2) is 5.03. The lowest BCUT2D eigenvalue weighted by Crippen LogP contribution is -2.18. The molecule has 0 saturated carbocycles. The standard InChI is InChI=1S/C12H14N2S/c1-2-8-13-12-14-9-11(15-12)10-6-4-3-5-7-10/h2-7,11H,1,8-9H2,(H,13,14). The van der Waals surface area contributed by atoms with E-state index in [1.54, 1.807) is 11.8 Å². The van der Waals surface area contributed by atoms with Crippen LogP contribution >= 0.6 is 11.8 Å². The average molecular weight is 218 g/mol. The van der Waals surface area contributed by atoms with Crippen molar-refractivity contribution in [2.75, 3.05) is 13.1 Å². The Morgan fingerprint density at radius 1 is 1.47 bits per heavy atom. The Morgan fingerprint density at radius 2 is 2.27 bits per heavy atom. The number of benzene rings is 1. The minimum Gasteiger partial charge on any atom is -0.361 e. The van der Waals surface area contributed by atoms with E-state index in [1.807, 2.05) is 12.1 Å². The monoisotopic (exact) mass is 218 g/mol. The molecule has 0 bridgehead atoms. The van der Waals surface area contributed by atoms with Gasteiger partial charge in [0.05, 0.1) is 11.8 Å². The third-order valence-corrected chi connectivity index (χ3v) is 3.43. The molecule has 0 amide bonds. The van der Waals surface area contributed by atoms with Gasteiger partial charge < -0.3 is 5.32 Å². The molecule has 2 nitrogen and oxygen atoms in total. The maximum absolute atomic E-state index is 4.45. The summed E-state index contributed by atoms with van der Waals surface area (Å²) >= 11 is 1.79. The summed E-state index contributed by atoms with van der Waals surface area (Å²) in [5, 5.41) is 4.73. The second-order valence-electron chi connectivity index (χ2n) is 3.33. The van der Waals surface area contributed by atoms with E-state index >= 15 is 0 Å². The summed E-state index contributed by atoms with van der Waals surface area (Å²) < 4.78 is 0. The number of thioether (sulfide) groups is 1. The van der Waals surface area contributed by atoms with E-state index in [2.05, 4.69) is 41.2 Å². The number of hydrogen-bond donors (Lipinski definition) is 1. The summed E-state index contributed by atoms with van der Waals surface area (Å²) in [6.07, 6.45) is 1.85. The molecule has 0 spiro atoms. The smallest absolute Gasteiger partial charge is 0.157 e. The van der Waals surface area contributed by atoms with Gasteiger partial charge >= 0.3 is 0 Å². The highest BCUT2D eigenvalue weighted by atomic mass is 32.2. The van der Waals surface area contributed by atoms with Crippen LogP contribution in [0.4, 0.5) is 0 Å². The SMILES string of the molecule is C=CCNC1=NCC(c2ccccc2)S1. The summed E-state index contributed by atoms with van der Waals surface area (Å²) in [4.78, 5) is 4.45. The average Bonchev–Trinajstić information content (AvgIpc) is 2.76. The van der Waals surface area contributed by atoms with Gasteiger partial charge in [0, 0.05) is 6.54 Å². The molecule has 0 aromatic heterocycles. The molecule has 0 aliphatic carbocycles. The first-order valence-corrected chi connectivity index (χ1v) is 5.89. The predicted octanol–water partition coefficient (Wildman–Crippen LogP) is 2.61. The van der Waals surface area contributed by atoms with Crippen LogP contribution in [0.2, 0.25) is 0 Å². The summed E-state index contributed by atoms with van der Waals surface area (Å²) in [5.41, 5.74) is 1.35. The van der Waals surface area contributed by atoms with Gasteiger partial charge in [0.1, 0.15) is 0 Å². The molecule has 1 heterocycles. The Kier molecular flexibility index (Phi) is 3.45. The van der Waals surface area contributed by atoms with E-state index in [0.717, 1.165) is 18.3 Å². The highest BCUT2D eigenvalue weighted by molar-refractivity contribution is 8.14. The molecule has 1 aromatic rings. The van der Waals surface area contributed by atoms with Crippen LogP contribution in [0.5, 0.6) is 0 Å². The van der Waals surface area contributed by atoms with Gasteiger partial charge in [0.2, 0.25) is 0 Å². The quantitative estimate of drug-likeness (QED) is 0.789. The van der Waals surface area contributed by atoms with Crippen LogP contribution in [0.15, 0.2) is 48.0 Å². The molecule has 78 valence electrons. The number of nitrogens with zero attached hydrogens (tertiary/aromatic N) is 1. The lowest BCUT2D eigenvalue weighted by molar-refractivity contribution is 0.955. The first-order chi connectivity index (χ1) is 7.40. The van der Waals surface area contributed by atoms with Crippen molar-refractivity contribution in [1.82, 2.24) is 5.32 Å². The molecule has 0 saturated heterocycles. The van der Waals surface area contributed by atoms with Crippen molar-refractivity contribution in [3.05, 3.63) is 48.6 Å². The largest absolute Gasteiger partial charge is 0.361 e. The van der Waals surface area contributed by atoms with E-state index in [-0.39, 0.29) is 0 Å². The fourth-order valence-corrected chi connectivity index (χ4v) is 2.50. The number of nitrogens with one attached hydrogen (secondary N) is 1. The summed E-state index contributed by atoms with van der Waals surface area (Å²) in [6.45, 7) is 5.33. The van der Waals surface area contributed by atoms with Crippen LogP contribution in [0, 0.1) is 0 Å². The van der Waals surface area contributed by atoms with Crippen molar-refractivity contribution in [2.45, 2.75) is 5.25 Å². The van der Waals surface area contributed by atoms with Crippen molar-refractivity contribution in [3.63, 3.8) is 0 Å². The van der Waals surface area contributed by atoms with Crippen molar-refractivity contribution < 1.29 is 0 Å². The van der Waals surface area contributed by atoms with Crippen LogP contribution in [0.3, 0.4) is 0 Å². The number of hydrogen-bond acceptors (Lipinski definition) is 3. The Bertz CT molecular complexity index is 359. The molecular formula is C12H14N2S.